The van der Waals surface area contributed by atoms with Crippen LogP contribution in [-0.2, 0) is 16.6 Å². The first-order valence-corrected chi connectivity index (χ1v) is 14.1. The number of hydrogen-bond acceptors (Lipinski definition) is 7. The third kappa shape index (κ3) is 10.0. The van der Waals surface area contributed by atoms with Gasteiger partial charge in [-0.25, -0.2) is 13.2 Å². The van der Waals surface area contributed by atoms with Crippen molar-refractivity contribution in [3.63, 3.8) is 0 Å². The van der Waals surface area contributed by atoms with Crippen LogP contribution < -0.4 is 9.46 Å². The van der Waals surface area contributed by atoms with Gasteiger partial charge in [-0.3, -0.25) is 14.6 Å². The predicted molar refractivity (Wildman–Crippen MR) is 146 cm³/mol. The molecule has 0 atom stereocenters. The molecule has 3 aromatic rings. The summed E-state index contributed by atoms with van der Waals surface area (Å²) in [5.41, 5.74) is 2.29. The third-order valence-electron chi connectivity index (χ3n) is 5.82. The molecule has 9 nitrogen and oxygen atoms in total. The van der Waals surface area contributed by atoms with Gasteiger partial charge in [-0.1, -0.05) is 36.2 Å². The van der Waals surface area contributed by atoms with E-state index in [9.17, 15) is 13.2 Å². The van der Waals surface area contributed by atoms with E-state index in [-0.39, 0.29) is 10.7 Å². The van der Waals surface area contributed by atoms with Crippen molar-refractivity contribution in [3.05, 3.63) is 83.8 Å². The van der Waals surface area contributed by atoms with Gasteiger partial charge in [0.1, 0.15) is 5.75 Å². The Kier molecular flexibility index (Phi) is 11.4. The molecule has 0 saturated carbocycles. The van der Waals surface area contributed by atoms with Crippen LogP contribution >= 0.6 is 0 Å². The number of ether oxygens (including phenoxy) is 1. The van der Waals surface area contributed by atoms with Gasteiger partial charge in [0.2, 0.25) is 5.76 Å². The van der Waals surface area contributed by atoms with Gasteiger partial charge < -0.3 is 14.3 Å². The molecule has 2 N–H and O–H groups in total. The number of nitrogens with one attached hydrogen (secondary N) is 1. The molecule has 0 aliphatic carbocycles. The van der Waals surface area contributed by atoms with Gasteiger partial charge in [0.05, 0.1) is 24.1 Å². The van der Waals surface area contributed by atoms with Crippen LogP contribution in [0.3, 0.4) is 0 Å². The van der Waals surface area contributed by atoms with E-state index in [0.717, 1.165) is 17.9 Å². The summed E-state index contributed by atoms with van der Waals surface area (Å²) in [6, 6.07) is 17.9. The van der Waals surface area contributed by atoms with Gasteiger partial charge in [0.15, 0.2) is 0 Å². The lowest BCUT2D eigenvalue weighted by Gasteiger charge is -2.26. The molecule has 38 heavy (non-hydrogen) atoms. The number of carbonyl (C=O) groups is 1. The van der Waals surface area contributed by atoms with Gasteiger partial charge in [0, 0.05) is 19.5 Å². The second kappa shape index (κ2) is 14.9. The molecule has 1 aliphatic rings. The molecule has 0 spiro atoms. The normalized spacial score (nSPS) is 14.0. The van der Waals surface area contributed by atoms with Crippen molar-refractivity contribution in [1.29, 1.82) is 0 Å². The lowest BCUT2D eigenvalue weighted by Crippen LogP contribution is -2.29. The Labute approximate surface area is 224 Å². The lowest BCUT2D eigenvalue weighted by molar-refractivity contribution is 0.0662. The molecule has 2 aromatic carbocycles. The number of benzene rings is 2. The van der Waals surface area contributed by atoms with Crippen molar-refractivity contribution >= 4 is 22.3 Å². The molecule has 1 saturated heterocycles. The maximum absolute atomic E-state index is 12.2. The monoisotopic (exact) mass is 541 g/mol. The molecule has 1 aromatic heterocycles. The van der Waals surface area contributed by atoms with E-state index in [0.29, 0.717) is 19.6 Å². The van der Waals surface area contributed by atoms with Crippen LogP contribution in [-0.4, -0.2) is 57.0 Å². The van der Waals surface area contributed by atoms with Gasteiger partial charge in [-0.2, -0.15) is 0 Å². The number of carboxylic acids is 1. The summed E-state index contributed by atoms with van der Waals surface area (Å²) in [5, 5.41) is 8.18. The van der Waals surface area contributed by atoms with E-state index in [2.05, 4.69) is 31.2 Å². The van der Waals surface area contributed by atoms with E-state index in [4.69, 9.17) is 9.84 Å². The third-order valence-corrected chi connectivity index (χ3v) is 7.12. The van der Waals surface area contributed by atoms with Gasteiger partial charge in [-0.15, -0.1) is 0 Å². The van der Waals surface area contributed by atoms with Crippen LogP contribution in [0.15, 0.2) is 81.2 Å². The Morgan fingerprint density at radius 3 is 2.53 bits per heavy atom. The minimum Gasteiger partial charge on any atom is -0.494 e. The van der Waals surface area contributed by atoms with Crippen molar-refractivity contribution in [2.45, 2.75) is 44.0 Å². The molecule has 2 heterocycles. The van der Waals surface area contributed by atoms with E-state index in [1.807, 2.05) is 19.1 Å². The molecule has 0 unspecified atom stereocenters. The van der Waals surface area contributed by atoms with Gasteiger partial charge in [0.25, 0.3) is 10.0 Å². The molecule has 0 amide bonds. The first kappa shape index (κ1) is 28.9. The average molecular weight is 542 g/mol. The van der Waals surface area contributed by atoms with E-state index < -0.39 is 16.0 Å². The van der Waals surface area contributed by atoms with Crippen LogP contribution in [0.5, 0.6) is 5.75 Å². The minimum atomic E-state index is -3.56. The van der Waals surface area contributed by atoms with E-state index in [1.54, 1.807) is 24.3 Å². The predicted octanol–water partition coefficient (Wildman–Crippen LogP) is 4.73. The number of rotatable bonds is 11. The fraction of sp³-hybridized carbons (Fsp3) is 0.357. The molecular formula is C28H35N3O6S. The zero-order chi connectivity index (χ0) is 27.2. The maximum Gasteiger partial charge on any atom is 0.371 e. The molecule has 1 aliphatic heterocycles. The first-order valence-electron chi connectivity index (χ1n) is 12.6. The number of carboxylic acid groups (broad SMARTS) is 1. The summed E-state index contributed by atoms with van der Waals surface area (Å²) in [5.74, 6) is -0.187. The SMILES string of the molecule is Cc1ccc(S(=O)(=O)NC=NCCCOc2cccc(CN3CCCCC3)c2)cc1.O=C(O)c1ccco1. The van der Waals surface area contributed by atoms with Gasteiger partial charge >= 0.3 is 5.97 Å². The Morgan fingerprint density at radius 1 is 1.11 bits per heavy atom. The summed E-state index contributed by atoms with van der Waals surface area (Å²) < 4.78 is 37.0. The molecule has 10 heteroatoms. The number of aliphatic imine (C=N–C) groups is 1. The molecular weight excluding hydrogens is 506 g/mol. The van der Waals surface area contributed by atoms with Gasteiger partial charge in [-0.05, 0) is 74.8 Å². The van der Waals surface area contributed by atoms with Crippen molar-refractivity contribution in [2.75, 3.05) is 26.2 Å². The quantitative estimate of drug-likeness (QED) is 0.204. The maximum atomic E-state index is 12.2. The van der Waals surface area contributed by atoms with Crippen molar-refractivity contribution < 1.29 is 27.5 Å². The minimum absolute atomic E-state index is 0.0231. The number of nitrogens with zero attached hydrogens (tertiary/aromatic N) is 2. The number of likely N-dealkylation sites (tertiary alicyclic amines) is 1. The smallest absolute Gasteiger partial charge is 0.371 e. The zero-order valence-corrected chi connectivity index (χ0v) is 22.4. The highest BCUT2D eigenvalue weighted by Crippen LogP contribution is 2.18. The molecule has 0 bridgehead atoms. The van der Waals surface area contributed by atoms with Crippen LogP contribution in [0.25, 0.3) is 0 Å². The molecule has 4 rings (SSSR count). The highest BCUT2D eigenvalue weighted by atomic mass is 32.2. The summed E-state index contributed by atoms with van der Waals surface area (Å²) in [6.45, 7) is 6.27. The average Bonchev–Trinajstić information content (AvgIpc) is 3.45. The molecule has 1 fully saturated rings. The topological polar surface area (TPSA) is 121 Å². The van der Waals surface area contributed by atoms with Crippen molar-refractivity contribution in [1.82, 2.24) is 9.62 Å². The largest absolute Gasteiger partial charge is 0.494 e. The van der Waals surface area contributed by atoms with Crippen LogP contribution in [0.4, 0.5) is 0 Å². The summed E-state index contributed by atoms with van der Waals surface area (Å²) in [7, 11) is -3.56. The van der Waals surface area contributed by atoms with Crippen LogP contribution in [0, 0.1) is 6.92 Å². The number of aryl methyl sites for hydroxylation is 1. The lowest BCUT2D eigenvalue weighted by atomic mass is 10.1. The Morgan fingerprint density at radius 2 is 1.87 bits per heavy atom. The first-order chi connectivity index (χ1) is 18.3. The Bertz CT molecular complexity index is 1250. The van der Waals surface area contributed by atoms with Crippen LogP contribution in [0.1, 0.15) is 47.4 Å². The zero-order valence-electron chi connectivity index (χ0n) is 21.6. The second-order valence-electron chi connectivity index (χ2n) is 8.94. The molecule has 204 valence electrons. The van der Waals surface area contributed by atoms with Crippen molar-refractivity contribution in [2.24, 2.45) is 4.99 Å². The fourth-order valence-electron chi connectivity index (χ4n) is 3.81. The summed E-state index contributed by atoms with van der Waals surface area (Å²) >= 11 is 0. The second-order valence-corrected chi connectivity index (χ2v) is 10.7. The standard InChI is InChI=1S/C23H31N3O3S.C5H4O3/c1-20-9-11-23(12-10-20)30(27,28)25-19-24-13-6-16-29-22-8-5-7-21(17-22)18-26-14-3-2-4-15-26;6-5(7)4-2-1-3-8-4/h5,7-12,17,19H,2-4,6,13-16,18H2,1H3,(H,24,25);1-3H,(H,6,7). The number of furan rings is 1. The highest BCUT2D eigenvalue weighted by molar-refractivity contribution is 7.90. The fourth-order valence-corrected chi connectivity index (χ4v) is 4.66. The Hall–Kier alpha value is -3.63. The van der Waals surface area contributed by atoms with Crippen LogP contribution in [0.2, 0.25) is 0 Å². The van der Waals surface area contributed by atoms with E-state index >= 15 is 0 Å². The van der Waals surface area contributed by atoms with E-state index in [1.165, 1.54) is 62.6 Å². The highest BCUT2D eigenvalue weighted by Gasteiger charge is 2.12. The summed E-state index contributed by atoms with van der Waals surface area (Å²) in [4.78, 5) is 16.8. The molecule has 0 radical (unpaired) electrons. The van der Waals surface area contributed by atoms with Crippen molar-refractivity contribution in [3.8, 4) is 5.75 Å². The number of aromatic carboxylic acids is 1. The number of piperidine rings is 1. The Balaban J connectivity index is 0.000000427. The number of hydrogen-bond donors (Lipinski definition) is 2. The summed E-state index contributed by atoms with van der Waals surface area (Å²) in [6.07, 6.45) is 7.20. The number of sulfonamides is 1.